The largest absolute Gasteiger partial charge is 0.485 e. The quantitative estimate of drug-likeness (QED) is 0.392. The predicted octanol–water partition coefficient (Wildman–Crippen LogP) is 5.08. The van der Waals surface area contributed by atoms with Crippen LogP contribution in [0.4, 0.5) is 4.39 Å². The van der Waals surface area contributed by atoms with Crippen molar-refractivity contribution in [3.05, 3.63) is 76.7 Å². The lowest BCUT2D eigenvalue weighted by atomic mass is 9.91. The number of nitrogens with zero attached hydrogens (tertiary/aromatic N) is 2. The monoisotopic (exact) mass is 562 g/mol. The molecular weight excluding hydrogens is 527 g/mol. The number of fused-ring (bicyclic) bond motifs is 3. The van der Waals surface area contributed by atoms with Crippen LogP contribution in [0.15, 0.2) is 48.7 Å². The molecule has 3 aliphatic rings. The maximum Gasteiger partial charge on any atom is 0.309 e. The Morgan fingerprint density at radius 1 is 1.12 bits per heavy atom. The summed E-state index contributed by atoms with van der Waals surface area (Å²) in [7, 11) is 1.52. The van der Waals surface area contributed by atoms with Gasteiger partial charge in [-0.25, -0.2) is 9.37 Å². The van der Waals surface area contributed by atoms with Crippen molar-refractivity contribution in [2.75, 3.05) is 20.3 Å². The van der Waals surface area contributed by atoms with Gasteiger partial charge in [-0.05, 0) is 66.5 Å². The van der Waals surface area contributed by atoms with Gasteiger partial charge in [-0.1, -0.05) is 30.3 Å². The number of halogens is 1. The van der Waals surface area contributed by atoms with Gasteiger partial charge in [0.15, 0.2) is 0 Å². The molecule has 2 bridgehead atoms. The van der Waals surface area contributed by atoms with Gasteiger partial charge in [0.2, 0.25) is 5.88 Å². The van der Waals surface area contributed by atoms with Gasteiger partial charge in [0.05, 0.1) is 38.5 Å². The average molecular weight is 563 g/mol. The summed E-state index contributed by atoms with van der Waals surface area (Å²) in [6.07, 6.45) is 3.55. The molecule has 0 spiro atoms. The molecule has 0 radical (unpaired) electrons. The lowest BCUT2D eigenvalue weighted by Gasteiger charge is -2.35. The van der Waals surface area contributed by atoms with Crippen molar-refractivity contribution >= 4 is 5.97 Å². The Hall–Kier alpha value is -3.53. The fraction of sp³-hybridized carbons (Fsp3) is 0.438. The molecule has 2 N–H and O–H groups in total. The molecule has 6 rings (SSSR count). The molecule has 41 heavy (non-hydrogen) atoms. The van der Waals surface area contributed by atoms with E-state index in [0.717, 1.165) is 47.9 Å². The summed E-state index contributed by atoms with van der Waals surface area (Å²) in [5.74, 6) is -1.40. The first-order chi connectivity index (χ1) is 19.8. The molecule has 3 aliphatic heterocycles. The molecule has 9 heteroatoms. The third-order valence-corrected chi connectivity index (χ3v) is 8.82. The Kier molecular flexibility index (Phi) is 7.68. The van der Waals surface area contributed by atoms with E-state index in [4.69, 9.17) is 14.2 Å². The van der Waals surface area contributed by atoms with Crippen molar-refractivity contribution in [2.45, 2.75) is 63.4 Å². The molecular formula is C32H35FN2O6. The van der Waals surface area contributed by atoms with E-state index in [1.165, 1.54) is 20.2 Å². The normalized spacial score (nSPS) is 23.4. The predicted molar refractivity (Wildman–Crippen MR) is 149 cm³/mol. The van der Waals surface area contributed by atoms with Crippen LogP contribution in [0.5, 0.6) is 11.6 Å². The minimum absolute atomic E-state index is 0.238. The van der Waals surface area contributed by atoms with Crippen LogP contribution in [0.2, 0.25) is 0 Å². The number of hydrogen-bond acceptors (Lipinski definition) is 7. The number of benzene rings is 2. The topological polar surface area (TPSA) is 101 Å². The first-order valence-electron chi connectivity index (χ1n) is 14.2. The van der Waals surface area contributed by atoms with Crippen molar-refractivity contribution in [3.8, 4) is 22.8 Å². The molecule has 1 aromatic heterocycles. The minimum atomic E-state index is -1.14. The number of aliphatic carboxylic acids is 1. The molecule has 0 aliphatic carbocycles. The molecule has 3 unspecified atom stereocenters. The summed E-state index contributed by atoms with van der Waals surface area (Å²) in [5, 5.41) is 19.9. The molecule has 8 nitrogen and oxygen atoms in total. The number of ether oxygens (including phenoxy) is 3. The zero-order valence-electron chi connectivity index (χ0n) is 23.3. The zero-order chi connectivity index (χ0) is 28.7. The molecule has 5 atom stereocenters. The van der Waals surface area contributed by atoms with Gasteiger partial charge < -0.3 is 24.4 Å². The van der Waals surface area contributed by atoms with Gasteiger partial charge in [0.1, 0.15) is 17.7 Å². The summed E-state index contributed by atoms with van der Waals surface area (Å²) >= 11 is 0. The van der Waals surface area contributed by atoms with Crippen LogP contribution in [0.1, 0.15) is 60.6 Å². The number of morpholine rings is 1. The van der Waals surface area contributed by atoms with Crippen LogP contribution in [-0.4, -0.2) is 58.5 Å². The maximum atomic E-state index is 15.1. The molecule has 0 saturated carbocycles. The van der Waals surface area contributed by atoms with Crippen LogP contribution in [0.3, 0.4) is 0 Å². The van der Waals surface area contributed by atoms with Crippen molar-refractivity contribution in [1.82, 2.24) is 9.88 Å². The lowest BCUT2D eigenvalue weighted by Crippen LogP contribution is -2.45. The number of rotatable bonds is 8. The fourth-order valence-corrected chi connectivity index (χ4v) is 6.34. The Labute approximate surface area is 238 Å². The first-order valence-corrected chi connectivity index (χ1v) is 14.2. The number of aliphatic hydroxyl groups excluding tert-OH is 1. The number of aryl methyl sites for hydroxylation is 1. The highest BCUT2D eigenvalue weighted by Gasteiger charge is 2.37. The first kappa shape index (κ1) is 27.6. The summed E-state index contributed by atoms with van der Waals surface area (Å²) < 4.78 is 32.7. The Morgan fingerprint density at radius 3 is 2.63 bits per heavy atom. The van der Waals surface area contributed by atoms with Crippen LogP contribution in [-0.2, 0) is 22.5 Å². The number of pyridine rings is 1. The second-order valence-electron chi connectivity index (χ2n) is 11.3. The highest BCUT2D eigenvalue weighted by molar-refractivity contribution is 5.71. The summed E-state index contributed by atoms with van der Waals surface area (Å²) in [5.41, 5.74) is 4.76. The molecule has 0 amide bonds. The van der Waals surface area contributed by atoms with Crippen LogP contribution >= 0.6 is 0 Å². The molecule has 3 aromatic rings. The highest BCUT2D eigenvalue weighted by Crippen LogP contribution is 2.40. The van der Waals surface area contributed by atoms with E-state index < -0.39 is 23.8 Å². The Balaban J connectivity index is 1.33. The number of aliphatic hydroxyl groups is 1. The van der Waals surface area contributed by atoms with E-state index in [1.807, 2.05) is 18.2 Å². The van der Waals surface area contributed by atoms with E-state index in [9.17, 15) is 15.0 Å². The zero-order valence-corrected chi connectivity index (χ0v) is 23.3. The summed E-state index contributed by atoms with van der Waals surface area (Å²) in [6, 6.07) is 13.8. The molecule has 216 valence electrons. The summed E-state index contributed by atoms with van der Waals surface area (Å²) in [4.78, 5) is 17.9. The molecule has 2 fully saturated rings. The second kappa shape index (κ2) is 11.4. The smallest absolute Gasteiger partial charge is 0.309 e. The van der Waals surface area contributed by atoms with Gasteiger partial charge >= 0.3 is 5.97 Å². The number of carboxylic acids is 1. The minimum Gasteiger partial charge on any atom is -0.485 e. The Morgan fingerprint density at radius 2 is 1.90 bits per heavy atom. The third kappa shape index (κ3) is 5.41. The fourth-order valence-electron chi connectivity index (χ4n) is 6.34. The van der Waals surface area contributed by atoms with E-state index >= 15 is 4.39 Å². The van der Waals surface area contributed by atoms with Gasteiger partial charge in [-0.3, -0.25) is 9.69 Å². The SMILES string of the molecule is COc1cc(-c2ccc(C3CCc4ccc([C@H](O)[C@H](C)C(=O)O)cc4O3)cc2CN2C3CCC2COC3)c(F)cn1. The van der Waals surface area contributed by atoms with Gasteiger partial charge in [-0.2, -0.15) is 0 Å². The van der Waals surface area contributed by atoms with E-state index in [1.54, 1.807) is 18.2 Å². The standard InChI is InChI=1S/C32H35FN2O6/c1-18(32(37)38)31(36)21-4-3-19-6-10-28(41-29(19)12-21)20-5-9-25(26-13-30(39-2)34-14-27(26)33)22(11-20)15-35-23-7-8-24(35)17-40-16-23/h3-5,9,11-14,18,23-24,28,31,36H,6-8,10,15-17H2,1-2H3,(H,37,38)/t18-,23?,24?,28?,31+/m0/s1. The number of carbonyl (C=O) groups is 1. The molecule has 4 heterocycles. The van der Waals surface area contributed by atoms with Gasteiger partial charge in [0.25, 0.3) is 0 Å². The van der Waals surface area contributed by atoms with Crippen molar-refractivity contribution in [3.63, 3.8) is 0 Å². The molecule has 2 aromatic carbocycles. The van der Waals surface area contributed by atoms with Crippen molar-refractivity contribution < 1.29 is 33.6 Å². The van der Waals surface area contributed by atoms with Crippen LogP contribution in [0.25, 0.3) is 11.1 Å². The third-order valence-electron chi connectivity index (χ3n) is 8.82. The van der Waals surface area contributed by atoms with E-state index in [-0.39, 0.29) is 6.10 Å². The maximum absolute atomic E-state index is 15.1. The number of methoxy groups -OCH3 is 1. The van der Waals surface area contributed by atoms with E-state index in [2.05, 4.69) is 16.0 Å². The Bertz CT molecular complexity index is 1430. The van der Waals surface area contributed by atoms with Gasteiger partial charge in [-0.15, -0.1) is 0 Å². The molecule has 2 saturated heterocycles. The van der Waals surface area contributed by atoms with Crippen molar-refractivity contribution in [2.24, 2.45) is 5.92 Å². The van der Waals surface area contributed by atoms with Crippen molar-refractivity contribution in [1.29, 1.82) is 0 Å². The summed E-state index contributed by atoms with van der Waals surface area (Å²) in [6.45, 7) is 3.57. The van der Waals surface area contributed by atoms with Gasteiger partial charge in [0, 0.05) is 30.3 Å². The number of aromatic nitrogens is 1. The second-order valence-corrected chi connectivity index (χ2v) is 11.3. The highest BCUT2D eigenvalue weighted by atomic mass is 19.1. The van der Waals surface area contributed by atoms with E-state index in [0.29, 0.717) is 54.6 Å². The van der Waals surface area contributed by atoms with Crippen LogP contribution in [0, 0.1) is 11.7 Å². The average Bonchev–Trinajstić information content (AvgIpc) is 3.19. The number of hydrogen-bond donors (Lipinski definition) is 2. The number of carboxylic acid groups (broad SMARTS) is 1. The van der Waals surface area contributed by atoms with Crippen LogP contribution < -0.4 is 9.47 Å². The lowest BCUT2D eigenvalue weighted by molar-refractivity contribution is -0.145.